The fraction of sp³-hybridized carbons (Fsp3) is 0.364. The van der Waals surface area contributed by atoms with Crippen LogP contribution in [0.1, 0.15) is 43.7 Å². The van der Waals surface area contributed by atoms with Crippen LogP contribution in [-0.2, 0) is 9.59 Å². The number of aryl methyl sites for hydroxylation is 1. The molecule has 1 fully saturated rings. The van der Waals surface area contributed by atoms with Gasteiger partial charge in [-0.25, -0.2) is 0 Å². The van der Waals surface area contributed by atoms with Gasteiger partial charge in [-0.1, -0.05) is 37.6 Å². The van der Waals surface area contributed by atoms with Crippen molar-refractivity contribution in [2.24, 2.45) is 0 Å². The average molecular weight is 401 g/mol. The van der Waals surface area contributed by atoms with Crippen LogP contribution in [0.15, 0.2) is 36.4 Å². The summed E-state index contributed by atoms with van der Waals surface area (Å²) in [7, 11) is 0. The number of carbonyl (C=O) groups excluding carboxylic acids is 2. The second-order valence-corrected chi connectivity index (χ2v) is 7.75. The molecule has 2 aromatic carbocycles. The second-order valence-electron chi connectivity index (χ2n) is 7.35. The molecule has 3 rings (SSSR count). The zero-order valence-corrected chi connectivity index (χ0v) is 17.2. The first-order chi connectivity index (χ1) is 13.3. The van der Waals surface area contributed by atoms with E-state index in [-0.39, 0.29) is 18.4 Å². The van der Waals surface area contributed by atoms with Crippen LogP contribution in [0.2, 0.25) is 5.02 Å². The van der Waals surface area contributed by atoms with Crippen molar-refractivity contribution in [2.45, 2.75) is 39.5 Å². The molecular formula is C22H25ClN2O3. The van der Waals surface area contributed by atoms with E-state index < -0.39 is 0 Å². The van der Waals surface area contributed by atoms with Gasteiger partial charge in [0.2, 0.25) is 5.91 Å². The van der Waals surface area contributed by atoms with Crippen LogP contribution < -0.4 is 15.0 Å². The topological polar surface area (TPSA) is 58.6 Å². The number of nitrogens with one attached hydrogen (secondary N) is 1. The van der Waals surface area contributed by atoms with Crippen molar-refractivity contribution in [2.75, 3.05) is 23.4 Å². The highest BCUT2D eigenvalue weighted by atomic mass is 35.5. The fourth-order valence-corrected chi connectivity index (χ4v) is 3.44. The first kappa shape index (κ1) is 20.2. The molecule has 6 heteroatoms. The third kappa shape index (κ3) is 4.65. The molecule has 0 unspecified atom stereocenters. The molecule has 2 aromatic rings. The van der Waals surface area contributed by atoms with Crippen molar-refractivity contribution >= 4 is 34.8 Å². The quantitative estimate of drug-likeness (QED) is 0.748. The molecule has 1 saturated heterocycles. The maximum Gasteiger partial charge on any atom is 0.262 e. The van der Waals surface area contributed by atoms with Crippen molar-refractivity contribution in [3.05, 3.63) is 52.5 Å². The van der Waals surface area contributed by atoms with Gasteiger partial charge < -0.3 is 15.0 Å². The van der Waals surface area contributed by atoms with Crippen molar-refractivity contribution in [3.8, 4) is 5.75 Å². The predicted octanol–water partition coefficient (Wildman–Crippen LogP) is 4.92. The first-order valence-corrected chi connectivity index (χ1v) is 9.86. The van der Waals surface area contributed by atoms with E-state index in [1.807, 2.05) is 25.1 Å². The number of carbonyl (C=O) groups is 2. The molecular weight excluding hydrogens is 376 g/mol. The molecule has 5 nitrogen and oxygen atoms in total. The van der Waals surface area contributed by atoms with Gasteiger partial charge >= 0.3 is 0 Å². The standard InChI is InChI=1S/C22H25ClN2O3/c1-14(2)17-8-6-15(3)11-20(17)28-13-21(26)24-19-12-16(7-9-18(19)23)25-10-4-5-22(25)27/h6-9,11-12,14H,4-5,10,13H2,1-3H3,(H,24,26). The monoisotopic (exact) mass is 400 g/mol. The molecule has 1 aliphatic heterocycles. The Morgan fingerprint density at radius 3 is 2.71 bits per heavy atom. The largest absolute Gasteiger partial charge is 0.483 e. The summed E-state index contributed by atoms with van der Waals surface area (Å²) in [5, 5.41) is 3.21. The van der Waals surface area contributed by atoms with E-state index in [9.17, 15) is 9.59 Å². The Kier molecular flexibility index (Phi) is 6.25. The summed E-state index contributed by atoms with van der Waals surface area (Å²) in [6.07, 6.45) is 1.39. The molecule has 28 heavy (non-hydrogen) atoms. The van der Waals surface area contributed by atoms with E-state index in [2.05, 4.69) is 19.2 Å². The SMILES string of the molecule is Cc1ccc(C(C)C)c(OCC(=O)Nc2cc(N3CCCC3=O)ccc2Cl)c1. The van der Waals surface area contributed by atoms with Crippen molar-refractivity contribution < 1.29 is 14.3 Å². The van der Waals surface area contributed by atoms with E-state index in [4.69, 9.17) is 16.3 Å². The first-order valence-electron chi connectivity index (χ1n) is 9.48. The Morgan fingerprint density at radius 1 is 1.25 bits per heavy atom. The van der Waals surface area contributed by atoms with E-state index in [1.165, 1.54) is 0 Å². The Balaban J connectivity index is 1.69. The molecule has 0 saturated carbocycles. The summed E-state index contributed by atoms with van der Waals surface area (Å²) in [6, 6.07) is 11.2. The minimum Gasteiger partial charge on any atom is -0.483 e. The lowest BCUT2D eigenvalue weighted by Crippen LogP contribution is -2.24. The lowest BCUT2D eigenvalue weighted by molar-refractivity contribution is -0.118. The van der Waals surface area contributed by atoms with Gasteiger partial charge in [0.25, 0.3) is 5.91 Å². The van der Waals surface area contributed by atoms with E-state index >= 15 is 0 Å². The third-order valence-corrected chi connectivity index (χ3v) is 5.09. The molecule has 0 aliphatic carbocycles. The number of amides is 2. The van der Waals surface area contributed by atoms with E-state index in [1.54, 1.807) is 23.1 Å². The number of benzene rings is 2. The summed E-state index contributed by atoms with van der Waals surface area (Å²) in [5.74, 6) is 0.794. The average Bonchev–Trinajstić information content (AvgIpc) is 3.07. The third-order valence-electron chi connectivity index (χ3n) is 4.76. The Bertz CT molecular complexity index is 895. The molecule has 0 aromatic heterocycles. The normalized spacial score (nSPS) is 13.9. The lowest BCUT2D eigenvalue weighted by atomic mass is 10.0. The number of nitrogens with zero attached hydrogens (tertiary/aromatic N) is 1. The Morgan fingerprint density at radius 2 is 2.04 bits per heavy atom. The van der Waals surface area contributed by atoms with Gasteiger partial charge in [0, 0.05) is 18.7 Å². The molecule has 0 spiro atoms. The van der Waals surface area contributed by atoms with Crippen molar-refractivity contribution in [1.29, 1.82) is 0 Å². The Hall–Kier alpha value is -2.53. The highest BCUT2D eigenvalue weighted by Crippen LogP contribution is 2.30. The predicted molar refractivity (Wildman–Crippen MR) is 112 cm³/mol. The molecule has 0 bridgehead atoms. The summed E-state index contributed by atoms with van der Waals surface area (Å²) in [4.78, 5) is 26.1. The number of hydrogen-bond donors (Lipinski definition) is 1. The molecule has 1 aliphatic rings. The molecule has 148 valence electrons. The van der Waals surface area contributed by atoms with Crippen molar-refractivity contribution in [1.82, 2.24) is 0 Å². The lowest BCUT2D eigenvalue weighted by Gasteiger charge is -2.18. The van der Waals surface area contributed by atoms with Gasteiger partial charge in [0.1, 0.15) is 5.75 Å². The van der Waals surface area contributed by atoms with Crippen LogP contribution in [0.5, 0.6) is 5.75 Å². The van der Waals surface area contributed by atoms with Gasteiger partial charge in [-0.2, -0.15) is 0 Å². The smallest absolute Gasteiger partial charge is 0.262 e. The Labute approximate surface area is 170 Å². The van der Waals surface area contributed by atoms with Crippen molar-refractivity contribution in [3.63, 3.8) is 0 Å². The maximum atomic E-state index is 12.4. The van der Waals surface area contributed by atoms with Crippen LogP contribution in [-0.4, -0.2) is 25.0 Å². The summed E-state index contributed by atoms with van der Waals surface area (Å²) >= 11 is 6.23. The van der Waals surface area contributed by atoms with Gasteiger partial charge in [0.05, 0.1) is 10.7 Å². The van der Waals surface area contributed by atoms with Crippen LogP contribution in [0, 0.1) is 6.92 Å². The summed E-state index contributed by atoms with van der Waals surface area (Å²) in [6.45, 7) is 6.72. The fourth-order valence-electron chi connectivity index (χ4n) is 3.27. The summed E-state index contributed by atoms with van der Waals surface area (Å²) in [5.41, 5.74) is 3.35. The number of ether oxygens (including phenoxy) is 1. The van der Waals surface area contributed by atoms with E-state index in [0.29, 0.717) is 35.3 Å². The van der Waals surface area contributed by atoms with Gasteiger partial charge in [-0.3, -0.25) is 9.59 Å². The molecule has 0 radical (unpaired) electrons. The highest BCUT2D eigenvalue weighted by molar-refractivity contribution is 6.33. The van der Waals surface area contributed by atoms with E-state index in [0.717, 1.165) is 23.2 Å². The molecule has 2 amide bonds. The zero-order valence-electron chi connectivity index (χ0n) is 16.4. The van der Waals surface area contributed by atoms with Gasteiger partial charge in [-0.05, 0) is 54.7 Å². The molecule has 1 heterocycles. The van der Waals surface area contributed by atoms with Gasteiger partial charge in [0.15, 0.2) is 6.61 Å². The number of hydrogen-bond acceptors (Lipinski definition) is 3. The van der Waals surface area contributed by atoms with Crippen LogP contribution >= 0.6 is 11.6 Å². The maximum absolute atomic E-state index is 12.4. The number of rotatable bonds is 6. The van der Waals surface area contributed by atoms with Gasteiger partial charge in [-0.15, -0.1) is 0 Å². The minimum absolute atomic E-state index is 0.0867. The second kappa shape index (κ2) is 8.65. The zero-order chi connectivity index (χ0) is 20.3. The molecule has 0 atom stereocenters. The highest BCUT2D eigenvalue weighted by Gasteiger charge is 2.22. The molecule has 1 N–H and O–H groups in total. The van der Waals surface area contributed by atoms with Crippen LogP contribution in [0.4, 0.5) is 11.4 Å². The number of anilines is 2. The minimum atomic E-state index is -0.303. The van der Waals surface area contributed by atoms with Crippen LogP contribution in [0.25, 0.3) is 0 Å². The summed E-state index contributed by atoms with van der Waals surface area (Å²) < 4.78 is 5.78. The van der Waals surface area contributed by atoms with Crippen LogP contribution in [0.3, 0.4) is 0 Å². The number of halogens is 1.